The number of aromatic amines is 1. The molecule has 84 valence electrons. The van der Waals surface area contributed by atoms with Crippen LogP contribution in [0.2, 0.25) is 0 Å². The Morgan fingerprint density at radius 3 is 3.00 bits per heavy atom. The molecule has 0 fully saturated rings. The number of nitrogens with one attached hydrogen (secondary N) is 2. The van der Waals surface area contributed by atoms with Gasteiger partial charge in [0.25, 0.3) is 0 Å². The van der Waals surface area contributed by atoms with Gasteiger partial charge >= 0.3 is 6.09 Å². The number of benzene rings is 1. The smallest absolute Gasteiger partial charge is 0.404 e. The highest BCUT2D eigenvalue weighted by molar-refractivity contribution is 5.83. The van der Waals surface area contributed by atoms with Gasteiger partial charge in [-0.05, 0) is 11.6 Å². The third-order valence-corrected chi connectivity index (χ3v) is 2.49. The van der Waals surface area contributed by atoms with Gasteiger partial charge in [-0.2, -0.15) is 0 Å². The number of hydrogen-bond acceptors (Lipinski definition) is 2. The van der Waals surface area contributed by atoms with Crippen molar-refractivity contribution in [2.24, 2.45) is 5.73 Å². The Labute approximate surface area is 92.3 Å². The molecule has 0 spiro atoms. The highest BCUT2D eigenvalue weighted by atomic mass is 16.4. The van der Waals surface area contributed by atoms with Crippen molar-refractivity contribution in [3.05, 3.63) is 36.0 Å². The number of carboxylic acid groups (broad SMARTS) is 1. The van der Waals surface area contributed by atoms with E-state index in [-0.39, 0.29) is 12.6 Å². The molecule has 5 heteroatoms. The normalized spacial score (nSPS) is 12.6. The summed E-state index contributed by atoms with van der Waals surface area (Å²) in [6.07, 6.45) is 0.758. The largest absolute Gasteiger partial charge is 0.465 e. The molecule has 0 saturated carbocycles. The number of rotatable bonds is 3. The maximum atomic E-state index is 10.4. The van der Waals surface area contributed by atoms with Crippen molar-refractivity contribution in [2.45, 2.75) is 6.04 Å². The van der Waals surface area contributed by atoms with Crippen molar-refractivity contribution in [2.75, 3.05) is 6.54 Å². The highest BCUT2D eigenvalue weighted by Gasteiger charge is 2.11. The van der Waals surface area contributed by atoms with Crippen LogP contribution in [0.15, 0.2) is 30.5 Å². The summed E-state index contributed by atoms with van der Waals surface area (Å²) in [7, 11) is 0. The molecule has 1 aromatic carbocycles. The molecule has 0 saturated heterocycles. The van der Waals surface area contributed by atoms with Crippen LogP contribution in [-0.4, -0.2) is 22.7 Å². The first-order valence-corrected chi connectivity index (χ1v) is 4.97. The van der Waals surface area contributed by atoms with Gasteiger partial charge in [-0.15, -0.1) is 0 Å². The molecule has 5 N–H and O–H groups in total. The van der Waals surface area contributed by atoms with Gasteiger partial charge in [-0.3, -0.25) is 0 Å². The zero-order chi connectivity index (χ0) is 11.5. The number of fused-ring (bicyclic) bond motifs is 1. The Balaban J connectivity index is 2.22. The fourth-order valence-electron chi connectivity index (χ4n) is 1.71. The Bertz CT molecular complexity index is 507. The van der Waals surface area contributed by atoms with Gasteiger partial charge in [-0.1, -0.05) is 18.2 Å². The third kappa shape index (κ3) is 1.99. The van der Waals surface area contributed by atoms with Crippen LogP contribution >= 0.6 is 0 Å². The number of amides is 1. The van der Waals surface area contributed by atoms with Crippen LogP contribution in [0.25, 0.3) is 10.9 Å². The minimum absolute atomic E-state index is 0.206. The van der Waals surface area contributed by atoms with Crippen LogP contribution in [0.5, 0.6) is 0 Å². The van der Waals surface area contributed by atoms with E-state index in [0.717, 1.165) is 16.5 Å². The van der Waals surface area contributed by atoms with Gasteiger partial charge in [0, 0.05) is 29.7 Å². The summed E-state index contributed by atoms with van der Waals surface area (Å²) >= 11 is 0. The molecule has 1 heterocycles. The Hall–Kier alpha value is -2.01. The van der Waals surface area contributed by atoms with E-state index >= 15 is 0 Å². The number of nitrogens with two attached hydrogens (primary N) is 1. The molecule has 1 unspecified atom stereocenters. The summed E-state index contributed by atoms with van der Waals surface area (Å²) in [5, 5.41) is 11.8. The molecular weight excluding hydrogens is 206 g/mol. The summed E-state index contributed by atoms with van der Waals surface area (Å²) in [5.74, 6) is 0. The van der Waals surface area contributed by atoms with E-state index < -0.39 is 6.09 Å². The SMILES string of the molecule is NC(CNC(=O)O)c1c[nH]c2ccccc12. The quantitative estimate of drug-likeness (QED) is 0.629. The van der Waals surface area contributed by atoms with Gasteiger partial charge in [0.1, 0.15) is 0 Å². The van der Waals surface area contributed by atoms with Gasteiger partial charge in [0.15, 0.2) is 0 Å². The topological polar surface area (TPSA) is 91.1 Å². The van der Waals surface area contributed by atoms with Crippen molar-refractivity contribution in [3.63, 3.8) is 0 Å². The second kappa shape index (κ2) is 4.24. The zero-order valence-corrected chi connectivity index (χ0v) is 8.60. The molecule has 0 bridgehead atoms. The number of para-hydroxylation sites is 1. The molecule has 1 amide bonds. The van der Waals surface area contributed by atoms with Gasteiger partial charge < -0.3 is 21.1 Å². The van der Waals surface area contributed by atoms with Crippen molar-refractivity contribution < 1.29 is 9.90 Å². The molecule has 2 aromatic rings. The lowest BCUT2D eigenvalue weighted by atomic mass is 10.1. The summed E-state index contributed by atoms with van der Waals surface area (Å²) in [6.45, 7) is 0.206. The standard InChI is InChI=1S/C11H13N3O2/c12-9(6-14-11(15)16)8-5-13-10-4-2-1-3-7(8)10/h1-5,9,13-14H,6,12H2,(H,15,16). The van der Waals surface area contributed by atoms with E-state index in [1.165, 1.54) is 0 Å². The number of carbonyl (C=O) groups is 1. The van der Waals surface area contributed by atoms with E-state index in [2.05, 4.69) is 10.3 Å². The van der Waals surface area contributed by atoms with E-state index in [9.17, 15) is 4.79 Å². The minimum atomic E-state index is -1.06. The molecule has 0 radical (unpaired) electrons. The lowest BCUT2D eigenvalue weighted by Gasteiger charge is -2.10. The molecule has 1 atom stereocenters. The molecular formula is C11H13N3O2. The molecule has 5 nitrogen and oxygen atoms in total. The number of hydrogen-bond donors (Lipinski definition) is 4. The van der Waals surface area contributed by atoms with E-state index in [1.54, 1.807) is 0 Å². The predicted molar refractivity (Wildman–Crippen MR) is 61.3 cm³/mol. The molecule has 0 aliphatic rings. The second-order valence-corrected chi connectivity index (χ2v) is 3.58. The minimum Gasteiger partial charge on any atom is -0.465 e. The van der Waals surface area contributed by atoms with Gasteiger partial charge in [0.2, 0.25) is 0 Å². The van der Waals surface area contributed by atoms with Crippen LogP contribution < -0.4 is 11.1 Å². The monoisotopic (exact) mass is 219 g/mol. The molecule has 0 aliphatic heterocycles. The fourth-order valence-corrected chi connectivity index (χ4v) is 1.71. The van der Waals surface area contributed by atoms with Crippen molar-refractivity contribution in [1.29, 1.82) is 0 Å². The Kier molecular flexibility index (Phi) is 2.78. The first-order valence-electron chi connectivity index (χ1n) is 4.97. The maximum absolute atomic E-state index is 10.4. The van der Waals surface area contributed by atoms with Crippen LogP contribution in [0.3, 0.4) is 0 Å². The average Bonchev–Trinajstić information content (AvgIpc) is 2.69. The summed E-state index contributed by atoms with van der Waals surface area (Å²) < 4.78 is 0. The first-order chi connectivity index (χ1) is 7.68. The lowest BCUT2D eigenvalue weighted by Crippen LogP contribution is -2.30. The number of aromatic nitrogens is 1. The van der Waals surface area contributed by atoms with Crippen LogP contribution in [0, 0.1) is 0 Å². The van der Waals surface area contributed by atoms with Crippen LogP contribution in [-0.2, 0) is 0 Å². The molecule has 2 rings (SSSR count). The van der Waals surface area contributed by atoms with Crippen molar-refractivity contribution >= 4 is 17.0 Å². The van der Waals surface area contributed by atoms with E-state index in [1.807, 2.05) is 30.5 Å². The molecule has 1 aromatic heterocycles. The summed E-state index contributed by atoms with van der Waals surface area (Å²) in [4.78, 5) is 13.5. The lowest BCUT2D eigenvalue weighted by molar-refractivity contribution is 0.193. The van der Waals surface area contributed by atoms with Crippen molar-refractivity contribution in [1.82, 2.24) is 10.3 Å². The van der Waals surface area contributed by atoms with E-state index in [0.29, 0.717) is 0 Å². The maximum Gasteiger partial charge on any atom is 0.404 e. The third-order valence-electron chi connectivity index (χ3n) is 2.49. The van der Waals surface area contributed by atoms with Gasteiger partial charge in [-0.25, -0.2) is 4.79 Å². The summed E-state index contributed by atoms with van der Waals surface area (Å²) in [5.41, 5.74) is 7.83. The zero-order valence-electron chi connectivity index (χ0n) is 8.60. The van der Waals surface area contributed by atoms with Crippen LogP contribution in [0.4, 0.5) is 4.79 Å². The van der Waals surface area contributed by atoms with Crippen LogP contribution in [0.1, 0.15) is 11.6 Å². The van der Waals surface area contributed by atoms with Gasteiger partial charge in [0.05, 0.1) is 0 Å². The van der Waals surface area contributed by atoms with E-state index in [4.69, 9.17) is 10.8 Å². The molecule has 0 aliphatic carbocycles. The first kappa shape index (κ1) is 10.5. The highest BCUT2D eigenvalue weighted by Crippen LogP contribution is 2.21. The fraction of sp³-hybridized carbons (Fsp3) is 0.182. The van der Waals surface area contributed by atoms with Crippen molar-refractivity contribution in [3.8, 4) is 0 Å². The second-order valence-electron chi connectivity index (χ2n) is 3.58. The summed E-state index contributed by atoms with van der Waals surface area (Å²) in [6, 6.07) is 7.44. The average molecular weight is 219 g/mol. The predicted octanol–water partition coefficient (Wildman–Crippen LogP) is 1.44. The molecule has 16 heavy (non-hydrogen) atoms. The number of H-pyrrole nitrogens is 1. The Morgan fingerprint density at radius 1 is 1.50 bits per heavy atom. The Morgan fingerprint density at radius 2 is 2.25 bits per heavy atom.